The number of hydrogen-bond donors (Lipinski definition) is 0. The van der Waals surface area contributed by atoms with Gasteiger partial charge in [0.05, 0.1) is 22.1 Å². The van der Waals surface area contributed by atoms with Crippen LogP contribution in [0, 0.1) is 16.0 Å². The van der Waals surface area contributed by atoms with Gasteiger partial charge in [-0.15, -0.1) is 0 Å². The summed E-state index contributed by atoms with van der Waals surface area (Å²) in [5.74, 6) is -1.28. The highest BCUT2D eigenvalue weighted by atomic mass is 16.6. The van der Waals surface area contributed by atoms with Gasteiger partial charge in [-0.05, 0) is 37.0 Å². The van der Waals surface area contributed by atoms with E-state index in [9.17, 15) is 24.5 Å². The molecule has 0 fully saturated rings. The van der Waals surface area contributed by atoms with Gasteiger partial charge in [0.25, 0.3) is 17.5 Å². The Hall–Kier alpha value is -3.55. The third-order valence-corrected chi connectivity index (χ3v) is 5.61. The van der Waals surface area contributed by atoms with E-state index >= 15 is 0 Å². The molecule has 2 atom stereocenters. The van der Waals surface area contributed by atoms with Crippen molar-refractivity contribution in [2.24, 2.45) is 5.92 Å². The molecule has 0 saturated heterocycles. The SMILES string of the molecule is CC(C)CC(C(=O)N(C)C(C)c1cccc([N+](=O)[O-])c1)N1C(=O)c2ccccc2C1=O. The van der Waals surface area contributed by atoms with E-state index in [1.54, 1.807) is 50.4 Å². The number of rotatable bonds is 7. The molecule has 0 aromatic heterocycles. The van der Waals surface area contributed by atoms with Crippen molar-refractivity contribution in [1.82, 2.24) is 9.80 Å². The molecule has 2 unspecified atom stereocenters. The smallest absolute Gasteiger partial charge is 0.269 e. The van der Waals surface area contributed by atoms with E-state index in [0.717, 1.165) is 4.90 Å². The number of imide groups is 1. The first-order chi connectivity index (χ1) is 14.6. The van der Waals surface area contributed by atoms with Crippen LogP contribution >= 0.6 is 0 Å². The predicted octanol–water partition coefficient (Wildman–Crippen LogP) is 3.83. The quantitative estimate of drug-likeness (QED) is 0.383. The number of nitro groups is 1. The molecule has 31 heavy (non-hydrogen) atoms. The summed E-state index contributed by atoms with van der Waals surface area (Å²) < 4.78 is 0. The van der Waals surface area contributed by atoms with E-state index in [-0.39, 0.29) is 17.5 Å². The fraction of sp³-hybridized carbons (Fsp3) is 0.348. The van der Waals surface area contributed by atoms with Crippen LogP contribution in [0.1, 0.15) is 59.5 Å². The molecule has 1 aliphatic rings. The van der Waals surface area contributed by atoms with Gasteiger partial charge >= 0.3 is 0 Å². The van der Waals surface area contributed by atoms with Crippen LogP contribution in [0.5, 0.6) is 0 Å². The lowest BCUT2D eigenvalue weighted by molar-refractivity contribution is -0.384. The minimum absolute atomic E-state index is 0.0554. The first kappa shape index (κ1) is 22.1. The maximum Gasteiger partial charge on any atom is 0.269 e. The molecule has 8 heteroatoms. The van der Waals surface area contributed by atoms with Gasteiger partial charge < -0.3 is 4.90 Å². The molecule has 162 valence electrons. The number of carbonyl (C=O) groups is 3. The zero-order chi connectivity index (χ0) is 22.9. The van der Waals surface area contributed by atoms with Gasteiger partial charge in [-0.2, -0.15) is 0 Å². The molecule has 2 aromatic carbocycles. The molecule has 0 bridgehead atoms. The monoisotopic (exact) mass is 423 g/mol. The van der Waals surface area contributed by atoms with Gasteiger partial charge in [0.2, 0.25) is 5.91 Å². The predicted molar refractivity (Wildman–Crippen MR) is 114 cm³/mol. The molecule has 3 amide bonds. The molecule has 0 saturated carbocycles. The molecular weight excluding hydrogens is 398 g/mol. The first-order valence-corrected chi connectivity index (χ1v) is 10.1. The number of nitro benzene ring substituents is 1. The van der Waals surface area contributed by atoms with Crippen molar-refractivity contribution in [1.29, 1.82) is 0 Å². The average Bonchev–Trinajstić information content (AvgIpc) is 3.01. The Bertz CT molecular complexity index is 1010. The minimum Gasteiger partial charge on any atom is -0.337 e. The van der Waals surface area contributed by atoms with Crippen molar-refractivity contribution < 1.29 is 19.3 Å². The van der Waals surface area contributed by atoms with E-state index in [4.69, 9.17) is 0 Å². The summed E-state index contributed by atoms with van der Waals surface area (Å²) in [5, 5.41) is 11.1. The highest BCUT2D eigenvalue weighted by Gasteiger charge is 2.44. The summed E-state index contributed by atoms with van der Waals surface area (Å²) in [6.45, 7) is 5.59. The molecule has 0 N–H and O–H groups in total. The molecule has 1 aliphatic heterocycles. The van der Waals surface area contributed by atoms with E-state index < -0.39 is 28.8 Å². The van der Waals surface area contributed by atoms with E-state index in [1.807, 2.05) is 13.8 Å². The number of hydrogen-bond acceptors (Lipinski definition) is 5. The van der Waals surface area contributed by atoms with Crippen molar-refractivity contribution >= 4 is 23.4 Å². The maximum atomic E-state index is 13.5. The Morgan fingerprint density at radius 2 is 1.61 bits per heavy atom. The van der Waals surface area contributed by atoms with Gasteiger partial charge in [0.15, 0.2) is 0 Å². The van der Waals surface area contributed by atoms with Gasteiger partial charge in [-0.25, -0.2) is 0 Å². The van der Waals surface area contributed by atoms with E-state index in [0.29, 0.717) is 23.1 Å². The third kappa shape index (κ3) is 4.19. The van der Waals surface area contributed by atoms with Crippen LogP contribution in [0.15, 0.2) is 48.5 Å². The number of non-ortho nitro benzene ring substituents is 1. The summed E-state index contributed by atoms with van der Waals surface area (Å²) in [4.78, 5) is 52.6. The standard InChI is InChI=1S/C23H25N3O5/c1-14(2)12-20(25-21(27)18-10-5-6-11-19(18)22(25)28)23(29)24(4)15(3)16-8-7-9-17(13-16)26(30)31/h5-11,13-15,20H,12H2,1-4H3. The van der Waals surface area contributed by atoms with Crippen LogP contribution in [0.25, 0.3) is 0 Å². The minimum atomic E-state index is -0.960. The summed E-state index contributed by atoms with van der Waals surface area (Å²) in [6, 6.07) is 11.2. The average molecular weight is 423 g/mol. The van der Waals surface area contributed by atoms with Crippen molar-refractivity contribution in [3.8, 4) is 0 Å². The molecule has 0 aliphatic carbocycles. The van der Waals surface area contributed by atoms with E-state index in [2.05, 4.69) is 0 Å². The normalized spacial score (nSPS) is 15.1. The second-order valence-electron chi connectivity index (χ2n) is 8.15. The molecular formula is C23H25N3O5. The summed E-state index contributed by atoms with van der Waals surface area (Å²) in [6.07, 6.45) is 0.316. The van der Waals surface area contributed by atoms with Gasteiger partial charge in [0, 0.05) is 19.2 Å². The van der Waals surface area contributed by atoms with Crippen LogP contribution in [0.4, 0.5) is 5.69 Å². The highest BCUT2D eigenvalue weighted by molar-refractivity contribution is 6.22. The molecule has 1 heterocycles. The topological polar surface area (TPSA) is 101 Å². The van der Waals surface area contributed by atoms with Gasteiger partial charge in [-0.3, -0.25) is 29.4 Å². The molecule has 0 spiro atoms. The van der Waals surface area contributed by atoms with Crippen LogP contribution in [0.3, 0.4) is 0 Å². The largest absolute Gasteiger partial charge is 0.337 e. The van der Waals surface area contributed by atoms with E-state index in [1.165, 1.54) is 17.0 Å². The van der Waals surface area contributed by atoms with Crippen molar-refractivity contribution in [2.75, 3.05) is 7.05 Å². The molecule has 0 radical (unpaired) electrons. The van der Waals surface area contributed by atoms with Crippen LogP contribution in [-0.2, 0) is 4.79 Å². The Balaban J connectivity index is 1.92. The fourth-order valence-electron chi connectivity index (χ4n) is 3.80. The Morgan fingerprint density at radius 1 is 1.03 bits per heavy atom. The molecule has 3 rings (SSSR count). The zero-order valence-corrected chi connectivity index (χ0v) is 17.9. The first-order valence-electron chi connectivity index (χ1n) is 10.1. The maximum absolute atomic E-state index is 13.5. The Labute approximate surface area is 180 Å². The molecule has 2 aromatic rings. The highest BCUT2D eigenvalue weighted by Crippen LogP contribution is 2.30. The summed E-state index contributed by atoms with van der Waals surface area (Å²) >= 11 is 0. The lowest BCUT2D eigenvalue weighted by Gasteiger charge is -2.33. The second kappa shape index (κ2) is 8.67. The number of fused-ring (bicyclic) bond motifs is 1. The molecule has 8 nitrogen and oxygen atoms in total. The lowest BCUT2D eigenvalue weighted by atomic mass is 9.99. The van der Waals surface area contributed by atoms with Gasteiger partial charge in [-0.1, -0.05) is 38.1 Å². The van der Waals surface area contributed by atoms with Crippen molar-refractivity contribution in [2.45, 2.75) is 39.3 Å². The third-order valence-electron chi connectivity index (χ3n) is 5.61. The number of benzene rings is 2. The number of carbonyl (C=O) groups excluding carboxylic acids is 3. The van der Waals surface area contributed by atoms with Crippen molar-refractivity contribution in [3.05, 3.63) is 75.3 Å². The number of amides is 3. The second-order valence-corrected chi connectivity index (χ2v) is 8.15. The van der Waals surface area contributed by atoms with Crippen LogP contribution in [0.2, 0.25) is 0 Å². The zero-order valence-electron chi connectivity index (χ0n) is 17.9. The fourth-order valence-corrected chi connectivity index (χ4v) is 3.80. The van der Waals surface area contributed by atoms with Crippen molar-refractivity contribution in [3.63, 3.8) is 0 Å². The summed E-state index contributed by atoms with van der Waals surface area (Å²) in [7, 11) is 1.58. The number of likely N-dealkylation sites (N-methyl/N-ethyl adjacent to an activating group) is 1. The van der Waals surface area contributed by atoms with Crippen LogP contribution < -0.4 is 0 Å². The van der Waals surface area contributed by atoms with Gasteiger partial charge in [0.1, 0.15) is 6.04 Å². The number of nitrogens with zero attached hydrogens (tertiary/aromatic N) is 3. The Morgan fingerprint density at radius 3 is 2.13 bits per heavy atom. The lowest BCUT2D eigenvalue weighted by Crippen LogP contribution is -2.51. The summed E-state index contributed by atoms with van der Waals surface area (Å²) in [5.41, 5.74) is 1.12. The Kier molecular flexibility index (Phi) is 6.19. The van der Waals surface area contributed by atoms with Crippen LogP contribution in [-0.4, -0.2) is 45.5 Å².